The lowest BCUT2D eigenvalue weighted by molar-refractivity contribution is 0.00578. The zero-order valence-electron chi connectivity index (χ0n) is 52.2. The van der Waals surface area contributed by atoms with Gasteiger partial charge < -0.3 is 28.8 Å². The van der Waals surface area contributed by atoms with Crippen LogP contribution in [0.1, 0.15) is 208 Å². The Bertz CT molecular complexity index is 2720. The summed E-state index contributed by atoms with van der Waals surface area (Å²) in [5, 5.41) is 21.4. The number of rotatable bonds is 20. The van der Waals surface area contributed by atoms with Crippen LogP contribution in [0.25, 0.3) is 0 Å². The lowest BCUT2D eigenvalue weighted by Crippen LogP contribution is -2.56. The number of nitrogens with zero attached hydrogens (tertiary/aromatic N) is 2. The molecule has 4 aromatic carbocycles. The van der Waals surface area contributed by atoms with Gasteiger partial charge in [-0.2, -0.15) is 0 Å². The fourth-order valence-electron chi connectivity index (χ4n) is 10.8. The smallest absolute Gasteiger partial charge is 0.457 e. The molecule has 0 spiro atoms. The lowest BCUT2D eigenvalue weighted by Gasteiger charge is -2.40. The Labute approximate surface area is 480 Å². The van der Waals surface area contributed by atoms with E-state index in [1.165, 1.54) is 5.01 Å². The van der Waals surface area contributed by atoms with Crippen LogP contribution in [0.5, 0.6) is 11.5 Å². The van der Waals surface area contributed by atoms with Crippen LogP contribution >= 0.6 is 0 Å². The first-order chi connectivity index (χ1) is 37.2. The van der Waals surface area contributed by atoms with E-state index < -0.39 is 7.12 Å². The van der Waals surface area contributed by atoms with Crippen molar-refractivity contribution in [3.8, 4) is 11.5 Å². The molecule has 0 aromatic heterocycles. The Morgan fingerprint density at radius 3 is 1.26 bits per heavy atom. The summed E-state index contributed by atoms with van der Waals surface area (Å²) >= 11 is 0. The van der Waals surface area contributed by atoms with Crippen molar-refractivity contribution in [2.75, 3.05) is 14.2 Å². The Morgan fingerprint density at radius 2 is 0.950 bits per heavy atom. The van der Waals surface area contributed by atoms with Crippen LogP contribution < -0.4 is 20.3 Å². The fourth-order valence-corrected chi connectivity index (χ4v) is 10.8. The van der Waals surface area contributed by atoms with Crippen LogP contribution in [0.3, 0.4) is 0 Å². The second-order valence-electron chi connectivity index (χ2n) is 25.1. The molecule has 16 heteroatoms. The van der Waals surface area contributed by atoms with Crippen molar-refractivity contribution in [3.63, 3.8) is 0 Å². The molecule has 0 unspecified atom stereocenters. The summed E-state index contributed by atoms with van der Waals surface area (Å²) in [6, 6.07) is 18.5. The molecular weight excluding hydrogens is 1010 g/mol. The minimum atomic E-state index is -1.35. The third kappa shape index (κ3) is 17.4. The number of methoxy groups -OCH3 is 2. The van der Waals surface area contributed by atoms with Crippen LogP contribution in [0.2, 0.25) is 12.6 Å². The zero-order valence-corrected chi connectivity index (χ0v) is 52.2. The molecule has 4 amide bonds. The van der Waals surface area contributed by atoms with Crippen LogP contribution in [0.15, 0.2) is 60.7 Å². The topological polar surface area (TPSA) is 176 Å². The molecule has 0 bridgehead atoms. The highest BCUT2D eigenvalue weighted by atomic mass is 16.7. The number of nitrogens with one attached hydrogen (secondary N) is 2. The number of hydrazine groups is 2. The van der Waals surface area contributed by atoms with Gasteiger partial charge in [0.1, 0.15) is 11.5 Å². The molecule has 5 rings (SSSR count). The molecule has 1 fully saturated rings. The maximum Gasteiger partial charge on any atom is 0.457 e. The first kappa shape index (κ1) is 66.8. The fraction of sp³-hybridized carbons (Fsp3) is 0.562. The summed E-state index contributed by atoms with van der Waals surface area (Å²) in [6.45, 7) is 36.6. The van der Waals surface area contributed by atoms with Crippen molar-refractivity contribution >= 4 is 37.9 Å². The molecular formula is C64H96B2N4O10. The van der Waals surface area contributed by atoms with E-state index in [0.29, 0.717) is 52.2 Å². The predicted octanol–water partition coefficient (Wildman–Crippen LogP) is 12.7. The average Bonchev–Trinajstić information content (AvgIpc) is 3.56. The van der Waals surface area contributed by atoms with Crippen molar-refractivity contribution < 1.29 is 48.0 Å². The van der Waals surface area contributed by atoms with Gasteiger partial charge >= 0.3 is 14.2 Å². The number of hydrogen-bond donors (Lipinski definition) is 4. The van der Waals surface area contributed by atoms with Gasteiger partial charge in [0, 0.05) is 33.4 Å². The van der Waals surface area contributed by atoms with Gasteiger partial charge in [0.15, 0.2) is 0 Å². The van der Waals surface area contributed by atoms with Crippen molar-refractivity contribution in [1.29, 1.82) is 0 Å². The van der Waals surface area contributed by atoms with Crippen molar-refractivity contribution in [3.05, 3.63) is 127 Å². The van der Waals surface area contributed by atoms with Crippen LogP contribution in [-0.4, -0.2) is 95.4 Å². The molecule has 0 radical (unpaired) electrons. The Hall–Kier alpha value is -5.67. The van der Waals surface area contributed by atoms with E-state index in [2.05, 4.69) is 93.9 Å². The summed E-state index contributed by atoms with van der Waals surface area (Å²) in [5.74, 6) is 0.122. The van der Waals surface area contributed by atoms with E-state index >= 15 is 0 Å². The van der Waals surface area contributed by atoms with Crippen molar-refractivity contribution in [2.45, 2.75) is 212 Å². The van der Waals surface area contributed by atoms with Gasteiger partial charge in [0.25, 0.3) is 23.6 Å². The van der Waals surface area contributed by atoms with E-state index in [1.807, 2.05) is 96.1 Å². The molecule has 1 aliphatic heterocycles. The lowest BCUT2D eigenvalue weighted by atomic mass is 9.81. The molecule has 14 nitrogen and oxygen atoms in total. The Kier molecular flexibility index (Phi) is 23.7. The first-order valence-corrected chi connectivity index (χ1v) is 28.7. The molecule has 1 saturated heterocycles. The molecule has 0 aliphatic carbocycles. The van der Waals surface area contributed by atoms with Crippen molar-refractivity contribution in [2.24, 2.45) is 10.8 Å². The van der Waals surface area contributed by atoms with Crippen LogP contribution in [0, 0.1) is 52.4 Å². The van der Waals surface area contributed by atoms with E-state index in [-0.39, 0.29) is 71.2 Å². The van der Waals surface area contributed by atoms with Gasteiger partial charge in [-0.15, -0.1) is 0 Å². The minimum absolute atomic E-state index is 0.203. The van der Waals surface area contributed by atoms with E-state index in [9.17, 15) is 19.2 Å². The Morgan fingerprint density at radius 1 is 0.600 bits per heavy atom. The number of ether oxygens (including phenoxy) is 2. The van der Waals surface area contributed by atoms with Crippen LogP contribution in [-0.2, 0) is 22.2 Å². The number of carbonyl (C=O) groups excluding carboxylic acids is 4. The molecule has 2 atom stereocenters. The van der Waals surface area contributed by atoms with Gasteiger partial charge in [-0.3, -0.25) is 30.0 Å². The highest BCUT2D eigenvalue weighted by Gasteiger charge is 2.50. The molecule has 4 aromatic rings. The summed E-state index contributed by atoms with van der Waals surface area (Å²) in [6.07, 6.45) is 7.01. The number of hydrogen-bond acceptors (Lipinski definition) is 10. The second kappa shape index (κ2) is 28.3. The molecule has 4 N–H and O–H groups in total. The van der Waals surface area contributed by atoms with Gasteiger partial charge in [-0.05, 0) is 166 Å². The van der Waals surface area contributed by atoms with E-state index in [1.54, 1.807) is 25.3 Å². The number of benzene rings is 4. The summed E-state index contributed by atoms with van der Waals surface area (Å²) in [4.78, 5) is 55.4. The zero-order chi connectivity index (χ0) is 60.2. The third-order valence-electron chi connectivity index (χ3n) is 15.5. The van der Waals surface area contributed by atoms with E-state index in [4.69, 9.17) is 28.8 Å². The number of amides is 4. The standard InChI is InChI=1S/C35H53BN2O5.C29H43BN2O5/c1-13-15-29(33(5,6)7)38(32(40)27-21-23(2)20-24(3)22-27)37-31(39)28-18-17-26(30(41-12)25(28)4)16-14-19-36-42-34(8,9)35(10,11)43-36;1-9-11-25(29(5,6)7)32(28(34)23-17-19(2)16-20(3)18-23)31-27(33)24-14-13-22(12-10-15-30(35)36)26(37-8)21(24)4/h17-18,20-22,29H,13-16,19H2,1-12H3,(H,37,39);13-14,16-18,25,35-36H,9-12,15H2,1-8H3,(H,31,33)/t29-;25-/m11/s1. The van der Waals surface area contributed by atoms with Gasteiger partial charge in [-0.1, -0.05) is 128 Å². The molecule has 0 saturated carbocycles. The normalized spacial score (nSPS) is 14.6. The highest BCUT2D eigenvalue weighted by Crippen LogP contribution is 2.39. The average molecular weight is 1100 g/mol. The highest BCUT2D eigenvalue weighted by molar-refractivity contribution is 6.45. The molecule has 80 heavy (non-hydrogen) atoms. The predicted molar refractivity (Wildman–Crippen MR) is 323 cm³/mol. The molecule has 1 heterocycles. The second-order valence-corrected chi connectivity index (χ2v) is 25.1. The summed E-state index contributed by atoms with van der Waals surface area (Å²) in [7, 11) is 1.59. The number of carbonyl (C=O) groups is 4. The largest absolute Gasteiger partial charge is 0.496 e. The minimum Gasteiger partial charge on any atom is -0.496 e. The molecule has 1 aliphatic rings. The van der Waals surface area contributed by atoms with Gasteiger partial charge in [-0.25, -0.2) is 10.0 Å². The maximum absolute atomic E-state index is 14.0. The quantitative estimate of drug-likeness (QED) is 0.0492. The van der Waals surface area contributed by atoms with Crippen molar-refractivity contribution in [1.82, 2.24) is 20.9 Å². The first-order valence-electron chi connectivity index (χ1n) is 28.7. The van der Waals surface area contributed by atoms with Crippen LogP contribution in [0.4, 0.5) is 0 Å². The number of aryl methyl sites for hydroxylation is 6. The monoisotopic (exact) mass is 1100 g/mol. The molecule has 438 valence electrons. The van der Waals surface area contributed by atoms with Gasteiger partial charge in [0.2, 0.25) is 0 Å². The SMILES string of the molecule is CCC[C@@H](N(NC(=O)c1ccc(CCCB(O)O)c(OC)c1C)C(=O)c1cc(C)cc(C)c1)C(C)(C)C.CCC[C@@H](N(NC(=O)c1ccc(CCCB2OC(C)(C)C(C)(C)O2)c(OC)c1C)C(=O)c1cc(C)cc(C)c1)C(C)(C)C. The third-order valence-corrected chi connectivity index (χ3v) is 15.5. The van der Waals surface area contributed by atoms with E-state index in [0.717, 1.165) is 83.8 Å². The maximum atomic E-state index is 14.0. The van der Waals surface area contributed by atoms with Gasteiger partial charge in [0.05, 0.1) is 37.5 Å². The summed E-state index contributed by atoms with van der Waals surface area (Å²) in [5.41, 5.74) is 14.1. The summed E-state index contributed by atoms with van der Waals surface area (Å²) < 4.78 is 23.8. The Balaban J connectivity index is 0.000000349.